The minimum Gasteiger partial charge on any atom is -0.493 e. The van der Waals surface area contributed by atoms with Crippen molar-refractivity contribution in [3.05, 3.63) is 56.5 Å². The molecule has 1 amide bonds. The number of nitrogens with one attached hydrogen (secondary N) is 1. The van der Waals surface area contributed by atoms with Crippen molar-refractivity contribution in [2.75, 3.05) is 14.2 Å². The Morgan fingerprint density at radius 2 is 1.65 bits per heavy atom. The fourth-order valence-corrected chi connectivity index (χ4v) is 3.33. The molecule has 1 N–H and O–H groups in total. The number of hydrogen-bond donors (Lipinski definition) is 1. The SMILES string of the molecule is COc1cc(Br)c(C(C)NC(=O)c2ccccc2Br)cc1OC. The summed E-state index contributed by atoms with van der Waals surface area (Å²) in [5.74, 6) is 1.10. The van der Waals surface area contributed by atoms with Gasteiger partial charge in [0.1, 0.15) is 0 Å². The van der Waals surface area contributed by atoms with Crippen molar-refractivity contribution >= 4 is 37.8 Å². The average Bonchev–Trinajstić information content (AvgIpc) is 2.54. The molecule has 0 aromatic heterocycles. The van der Waals surface area contributed by atoms with Crippen LogP contribution in [0.2, 0.25) is 0 Å². The Morgan fingerprint density at radius 3 is 2.26 bits per heavy atom. The van der Waals surface area contributed by atoms with Gasteiger partial charge >= 0.3 is 0 Å². The lowest BCUT2D eigenvalue weighted by Gasteiger charge is -2.18. The summed E-state index contributed by atoms with van der Waals surface area (Å²) in [6.45, 7) is 1.92. The third-order valence-corrected chi connectivity index (χ3v) is 4.81. The number of halogens is 2. The van der Waals surface area contributed by atoms with Crippen molar-refractivity contribution in [1.29, 1.82) is 0 Å². The fourth-order valence-electron chi connectivity index (χ4n) is 2.20. The minimum absolute atomic E-state index is 0.147. The van der Waals surface area contributed by atoms with Gasteiger partial charge in [-0.15, -0.1) is 0 Å². The van der Waals surface area contributed by atoms with E-state index in [1.165, 1.54) is 0 Å². The highest BCUT2D eigenvalue weighted by Crippen LogP contribution is 2.36. The Hall–Kier alpha value is -1.53. The monoisotopic (exact) mass is 441 g/mol. The standard InChI is InChI=1S/C17H17Br2NO3/c1-10(20-17(21)11-6-4-5-7-13(11)18)12-8-15(22-2)16(23-3)9-14(12)19/h4-10H,1-3H3,(H,20,21). The van der Waals surface area contributed by atoms with Gasteiger partial charge in [-0.1, -0.05) is 28.1 Å². The molecule has 0 saturated carbocycles. The Balaban J connectivity index is 2.25. The number of benzene rings is 2. The maximum atomic E-state index is 12.4. The van der Waals surface area contributed by atoms with Gasteiger partial charge in [0.05, 0.1) is 25.8 Å². The van der Waals surface area contributed by atoms with Crippen molar-refractivity contribution in [3.63, 3.8) is 0 Å². The van der Waals surface area contributed by atoms with E-state index in [1.807, 2.05) is 37.3 Å². The first-order chi connectivity index (χ1) is 11.0. The predicted octanol–water partition coefficient (Wildman–Crippen LogP) is 4.72. The Kier molecular flexibility index (Phi) is 6.07. The van der Waals surface area contributed by atoms with Crippen molar-refractivity contribution in [3.8, 4) is 11.5 Å². The summed E-state index contributed by atoms with van der Waals surface area (Å²) in [6, 6.07) is 10.8. The maximum absolute atomic E-state index is 12.4. The van der Waals surface area contributed by atoms with E-state index < -0.39 is 0 Å². The molecule has 6 heteroatoms. The molecule has 2 aromatic carbocycles. The smallest absolute Gasteiger partial charge is 0.252 e. The number of hydrogen-bond acceptors (Lipinski definition) is 3. The molecule has 0 aliphatic carbocycles. The second-order valence-corrected chi connectivity index (χ2v) is 6.61. The van der Waals surface area contributed by atoms with Crippen LogP contribution in [0.25, 0.3) is 0 Å². The number of amides is 1. The molecule has 2 rings (SSSR count). The molecule has 23 heavy (non-hydrogen) atoms. The van der Waals surface area contributed by atoms with Crippen LogP contribution in [0.15, 0.2) is 45.3 Å². The normalized spacial score (nSPS) is 11.7. The van der Waals surface area contributed by atoms with Crippen LogP contribution in [-0.4, -0.2) is 20.1 Å². The maximum Gasteiger partial charge on any atom is 0.252 e. The molecule has 0 saturated heterocycles. The summed E-state index contributed by atoms with van der Waals surface area (Å²) < 4.78 is 12.2. The summed E-state index contributed by atoms with van der Waals surface area (Å²) in [5.41, 5.74) is 1.50. The number of carbonyl (C=O) groups is 1. The van der Waals surface area contributed by atoms with Gasteiger partial charge in [0, 0.05) is 8.95 Å². The Morgan fingerprint density at radius 1 is 1.04 bits per heavy atom. The van der Waals surface area contributed by atoms with Crippen molar-refractivity contribution in [2.45, 2.75) is 13.0 Å². The highest BCUT2D eigenvalue weighted by molar-refractivity contribution is 9.10. The van der Waals surface area contributed by atoms with E-state index in [2.05, 4.69) is 37.2 Å². The molecule has 0 heterocycles. The van der Waals surface area contributed by atoms with Crippen LogP contribution < -0.4 is 14.8 Å². The van der Waals surface area contributed by atoms with Gasteiger partial charge < -0.3 is 14.8 Å². The van der Waals surface area contributed by atoms with Crippen molar-refractivity contribution in [2.24, 2.45) is 0 Å². The summed E-state index contributed by atoms with van der Waals surface area (Å²) in [4.78, 5) is 12.4. The van der Waals surface area contributed by atoms with Gasteiger partial charge in [0.25, 0.3) is 5.91 Å². The number of carbonyl (C=O) groups excluding carboxylic acids is 1. The second kappa shape index (κ2) is 7.84. The molecule has 0 aliphatic rings. The molecule has 0 radical (unpaired) electrons. The van der Waals surface area contributed by atoms with Gasteiger partial charge in [0.15, 0.2) is 11.5 Å². The molecule has 1 unspecified atom stereocenters. The van der Waals surface area contributed by atoms with E-state index in [-0.39, 0.29) is 11.9 Å². The molecule has 2 aromatic rings. The predicted molar refractivity (Wildman–Crippen MR) is 97.3 cm³/mol. The van der Waals surface area contributed by atoms with Gasteiger partial charge in [-0.3, -0.25) is 4.79 Å². The lowest BCUT2D eigenvalue weighted by molar-refractivity contribution is 0.0939. The molecule has 1 atom stereocenters. The molecule has 122 valence electrons. The van der Waals surface area contributed by atoms with Gasteiger partial charge in [0.2, 0.25) is 0 Å². The average molecular weight is 443 g/mol. The molecular weight excluding hydrogens is 426 g/mol. The van der Waals surface area contributed by atoms with E-state index in [4.69, 9.17) is 9.47 Å². The summed E-state index contributed by atoms with van der Waals surface area (Å²) in [5, 5.41) is 2.99. The lowest BCUT2D eigenvalue weighted by Crippen LogP contribution is -2.27. The Bertz CT molecular complexity index is 719. The highest BCUT2D eigenvalue weighted by Gasteiger charge is 2.18. The molecule has 0 bridgehead atoms. The topological polar surface area (TPSA) is 47.6 Å². The van der Waals surface area contributed by atoms with Crippen LogP contribution in [-0.2, 0) is 0 Å². The highest BCUT2D eigenvalue weighted by atomic mass is 79.9. The van der Waals surface area contributed by atoms with Crippen molar-refractivity contribution in [1.82, 2.24) is 5.32 Å². The van der Waals surface area contributed by atoms with Crippen LogP contribution in [0.5, 0.6) is 11.5 Å². The molecule has 4 nitrogen and oxygen atoms in total. The van der Waals surface area contributed by atoms with E-state index in [9.17, 15) is 4.79 Å². The molecule has 0 aliphatic heterocycles. The van der Waals surface area contributed by atoms with E-state index in [0.717, 1.165) is 14.5 Å². The minimum atomic E-state index is -0.205. The summed E-state index contributed by atoms with van der Waals surface area (Å²) in [6.07, 6.45) is 0. The van der Waals surface area contributed by atoms with E-state index in [0.29, 0.717) is 17.1 Å². The molecular formula is C17H17Br2NO3. The number of rotatable bonds is 5. The first-order valence-corrected chi connectivity index (χ1v) is 8.53. The fraction of sp³-hybridized carbons (Fsp3) is 0.235. The number of ether oxygens (including phenoxy) is 2. The number of methoxy groups -OCH3 is 2. The zero-order valence-electron chi connectivity index (χ0n) is 13.0. The van der Waals surface area contributed by atoms with Crippen molar-refractivity contribution < 1.29 is 14.3 Å². The first-order valence-electron chi connectivity index (χ1n) is 6.94. The quantitative estimate of drug-likeness (QED) is 0.728. The van der Waals surface area contributed by atoms with Crippen LogP contribution >= 0.6 is 31.9 Å². The van der Waals surface area contributed by atoms with Gasteiger partial charge in [-0.05, 0) is 52.7 Å². The molecule has 0 spiro atoms. The van der Waals surface area contributed by atoms with Crippen LogP contribution in [0.4, 0.5) is 0 Å². The zero-order chi connectivity index (χ0) is 17.0. The van der Waals surface area contributed by atoms with Crippen LogP contribution in [0, 0.1) is 0 Å². The Labute approximate surface area is 152 Å². The zero-order valence-corrected chi connectivity index (χ0v) is 16.2. The van der Waals surface area contributed by atoms with Crippen LogP contribution in [0.3, 0.4) is 0 Å². The lowest BCUT2D eigenvalue weighted by atomic mass is 10.1. The summed E-state index contributed by atoms with van der Waals surface area (Å²) in [7, 11) is 3.17. The third-order valence-electron chi connectivity index (χ3n) is 3.44. The first kappa shape index (κ1) is 17.8. The summed E-state index contributed by atoms with van der Waals surface area (Å²) >= 11 is 6.91. The largest absolute Gasteiger partial charge is 0.493 e. The van der Waals surface area contributed by atoms with Gasteiger partial charge in [-0.25, -0.2) is 0 Å². The van der Waals surface area contributed by atoms with Gasteiger partial charge in [-0.2, -0.15) is 0 Å². The second-order valence-electron chi connectivity index (χ2n) is 4.90. The van der Waals surface area contributed by atoms with E-state index >= 15 is 0 Å². The molecule has 0 fully saturated rings. The third kappa shape index (κ3) is 4.06. The van der Waals surface area contributed by atoms with E-state index in [1.54, 1.807) is 20.3 Å². The van der Waals surface area contributed by atoms with Crippen LogP contribution in [0.1, 0.15) is 28.9 Å².